The molecule has 0 saturated heterocycles. The van der Waals surface area contributed by atoms with Gasteiger partial charge in [0.1, 0.15) is 0 Å². The molecule has 8 heteroatoms. The molecule has 1 aliphatic heterocycles. The second-order valence-electron chi connectivity index (χ2n) is 7.08. The van der Waals surface area contributed by atoms with Crippen LogP contribution >= 0.6 is 0 Å². The number of methoxy groups -OCH3 is 3. The molecule has 8 nitrogen and oxygen atoms in total. The van der Waals surface area contributed by atoms with Gasteiger partial charge in [-0.3, -0.25) is 9.69 Å². The lowest BCUT2D eigenvalue weighted by Gasteiger charge is -2.36. The van der Waals surface area contributed by atoms with Crippen LogP contribution in [0.1, 0.15) is 29.3 Å². The second kappa shape index (κ2) is 8.62. The summed E-state index contributed by atoms with van der Waals surface area (Å²) in [5, 5.41) is 4.18. The van der Waals surface area contributed by atoms with Gasteiger partial charge in [-0.15, -0.1) is 0 Å². The number of hydrogen-bond donors (Lipinski definition) is 0. The average molecular weight is 412 g/mol. The predicted octanol–water partition coefficient (Wildman–Crippen LogP) is 3.61. The number of furan rings is 1. The van der Waals surface area contributed by atoms with Crippen LogP contribution in [0.3, 0.4) is 0 Å². The molecule has 0 saturated carbocycles. The summed E-state index contributed by atoms with van der Waals surface area (Å²) in [5.74, 6) is 2.24. The van der Waals surface area contributed by atoms with Crippen molar-refractivity contribution in [1.82, 2.24) is 10.1 Å². The zero-order chi connectivity index (χ0) is 21.1. The van der Waals surface area contributed by atoms with E-state index in [9.17, 15) is 4.79 Å². The normalized spacial score (nSPS) is 16.2. The fraction of sp³-hybridized carbons (Fsp3) is 0.364. The molecule has 0 amide bonds. The highest BCUT2D eigenvalue weighted by Crippen LogP contribution is 2.40. The van der Waals surface area contributed by atoms with E-state index in [4.69, 9.17) is 23.2 Å². The van der Waals surface area contributed by atoms with E-state index in [1.807, 2.05) is 24.3 Å². The highest BCUT2D eigenvalue weighted by Gasteiger charge is 2.32. The maximum Gasteiger partial charge on any atom is 0.307 e. The van der Waals surface area contributed by atoms with Gasteiger partial charge in [-0.2, -0.15) is 0 Å². The van der Waals surface area contributed by atoms with Crippen LogP contribution in [0.15, 0.2) is 45.5 Å². The number of nitrogens with zero attached hydrogens (tertiary/aromatic N) is 2. The lowest BCUT2D eigenvalue weighted by atomic mass is 9.90. The summed E-state index contributed by atoms with van der Waals surface area (Å²) in [6.45, 7) is 1.28. The molecular weight excluding hydrogens is 388 g/mol. The minimum Gasteiger partial charge on any atom is -0.493 e. The SMILES string of the molecule is COC(=O)C[C@@H]1c2cc(OC)c(OC)cc2CCN1Cc1cc(-c2ccco2)on1. The first-order chi connectivity index (χ1) is 14.6. The third-order valence-electron chi connectivity index (χ3n) is 5.39. The fourth-order valence-electron chi connectivity index (χ4n) is 3.88. The standard InChI is InChI=1S/C22H24N2O6/c1-26-19-9-14-6-7-24(13-15-10-21(30-23-15)18-5-4-8-29-18)17(12-22(25)28-3)16(14)11-20(19)27-2/h4-5,8-11,17H,6-7,12-13H2,1-3H3/t17-/m1/s1. The van der Waals surface area contributed by atoms with Crippen LogP contribution in [0.25, 0.3) is 11.5 Å². The number of fused-ring (bicyclic) bond motifs is 1. The molecule has 0 radical (unpaired) electrons. The summed E-state index contributed by atoms with van der Waals surface area (Å²) < 4.78 is 26.7. The third-order valence-corrected chi connectivity index (χ3v) is 5.39. The van der Waals surface area contributed by atoms with Crippen molar-refractivity contribution in [2.45, 2.75) is 25.4 Å². The second-order valence-corrected chi connectivity index (χ2v) is 7.08. The Balaban J connectivity index is 1.63. The van der Waals surface area contributed by atoms with Crippen LogP contribution in [0.5, 0.6) is 11.5 Å². The summed E-state index contributed by atoms with van der Waals surface area (Å²) in [7, 11) is 4.62. The molecule has 0 N–H and O–H groups in total. The van der Waals surface area contributed by atoms with Crippen LogP contribution in [-0.4, -0.2) is 43.9 Å². The first-order valence-electron chi connectivity index (χ1n) is 9.68. The van der Waals surface area contributed by atoms with Gasteiger partial charge in [0.05, 0.1) is 39.7 Å². The molecule has 0 aliphatic carbocycles. The molecular formula is C22H24N2O6. The lowest BCUT2D eigenvalue weighted by molar-refractivity contribution is -0.142. The summed E-state index contributed by atoms with van der Waals surface area (Å²) in [5.41, 5.74) is 2.92. The lowest BCUT2D eigenvalue weighted by Crippen LogP contribution is -2.36. The minimum atomic E-state index is -0.274. The van der Waals surface area contributed by atoms with Gasteiger partial charge in [-0.1, -0.05) is 5.16 Å². The van der Waals surface area contributed by atoms with Crippen molar-refractivity contribution >= 4 is 5.97 Å². The molecule has 158 valence electrons. The van der Waals surface area contributed by atoms with E-state index < -0.39 is 0 Å². The summed E-state index contributed by atoms with van der Waals surface area (Å²) in [6, 6.07) is 9.24. The topological polar surface area (TPSA) is 87.2 Å². The van der Waals surface area contributed by atoms with Crippen LogP contribution < -0.4 is 9.47 Å². The zero-order valence-corrected chi connectivity index (χ0v) is 17.2. The first-order valence-corrected chi connectivity index (χ1v) is 9.68. The Morgan fingerprint density at radius 2 is 1.97 bits per heavy atom. The van der Waals surface area contributed by atoms with Gasteiger partial charge in [-0.25, -0.2) is 0 Å². The van der Waals surface area contributed by atoms with Crippen LogP contribution in [0.4, 0.5) is 0 Å². The molecule has 1 aromatic carbocycles. The molecule has 3 heterocycles. The Hall–Kier alpha value is -3.26. The molecule has 2 aromatic heterocycles. The predicted molar refractivity (Wildman–Crippen MR) is 107 cm³/mol. The molecule has 30 heavy (non-hydrogen) atoms. The molecule has 0 fully saturated rings. The number of aromatic nitrogens is 1. The smallest absolute Gasteiger partial charge is 0.307 e. The van der Waals surface area contributed by atoms with Crippen molar-refractivity contribution in [3.05, 3.63) is 53.4 Å². The Morgan fingerprint density at radius 3 is 2.67 bits per heavy atom. The maximum absolute atomic E-state index is 12.2. The van der Waals surface area contributed by atoms with E-state index in [-0.39, 0.29) is 18.4 Å². The first kappa shape index (κ1) is 20.0. The fourth-order valence-corrected chi connectivity index (χ4v) is 3.88. The van der Waals surface area contributed by atoms with Gasteiger partial charge in [0.25, 0.3) is 0 Å². The Bertz CT molecular complexity index is 1010. The number of rotatable bonds is 7. The number of carbonyl (C=O) groups is 1. The molecule has 3 aromatic rings. The van der Waals surface area contributed by atoms with Gasteiger partial charge in [0.2, 0.25) is 5.76 Å². The van der Waals surface area contributed by atoms with E-state index in [1.54, 1.807) is 26.5 Å². The van der Waals surface area contributed by atoms with Crippen molar-refractivity contribution < 1.29 is 27.9 Å². The van der Waals surface area contributed by atoms with Crippen molar-refractivity contribution in [3.63, 3.8) is 0 Å². The van der Waals surface area contributed by atoms with Crippen molar-refractivity contribution in [3.8, 4) is 23.0 Å². The number of esters is 1. The van der Waals surface area contributed by atoms with Gasteiger partial charge in [0.15, 0.2) is 17.3 Å². The molecule has 1 aliphatic rings. The quantitative estimate of drug-likeness (QED) is 0.544. The van der Waals surface area contributed by atoms with E-state index in [0.29, 0.717) is 29.6 Å². The van der Waals surface area contributed by atoms with E-state index in [1.165, 1.54) is 7.11 Å². The van der Waals surface area contributed by atoms with Gasteiger partial charge >= 0.3 is 5.97 Å². The van der Waals surface area contributed by atoms with Crippen molar-refractivity contribution in [2.75, 3.05) is 27.9 Å². The van der Waals surface area contributed by atoms with Gasteiger partial charge < -0.3 is 23.2 Å². The minimum absolute atomic E-state index is 0.176. The van der Waals surface area contributed by atoms with E-state index in [0.717, 1.165) is 29.8 Å². The summed E-state index contributed by atoms with van der Waals surface area (Å²) in [4.78, 5) is 14.4. The van der Waals surface area contributed by atoms with E-state index in [2.05, 4.69) is 10.1 Å². The molecule has 0 bridgehead atoms. The van der Waals surface area contributed by atoms with Gasteiger partial charge in [0, 0.05) is 25.2 Å². The van der Waals surface area contributed by atoms with Crippen LogP contribution in [0, 0.1) is 0 Å². The third kappa shape index (κ3) is 3.91. The number of carbonyl (C=O) groups excluding carboxylic acids is 1. The molecule has 0 spiro atoms. The molecule has 4 rings (SSSR count). The highest BCUT2D eigenvalue weighted by molar-refractivity contribution is 5.70. The maximum atomic E-state index is 12.2. The summed E-state index contributed by atoms with van der Waals surface area (Å²) >= 11 is 0. The average Bonchev–Trinajstić information content (AvgIpc) is 3.46. The zero-order valence-electron chi connectivity index (χ0n) is 17.2. The van der Waals surface area contributed by atoms with E-state index >= 15 is 0 Å². The Morgan fingerprint density at radius 1 is 1.17 bits per heavy atom. The monoisotopic (exact) mass is 412 g/mol. The van der Waals surface area contributed by atoms with Crippen molar-refractivity contribution in [2.24, 2.45) is 0 Å². The summed E-state index contributed by atoms with van der Waals surface area (Å²) in [6.07, 6.45) is 2.63. The largest absolute Gasteiger partial charge is 0.493 e. The molecule has 1 atom stereocenters. The van der Waals surface area contributed by atoms with Crippen LogP contribution in [0.2, 0.25) is 0 Å². The number of benzene rings is 1. The molecule has 0 unspecified atom stereocenters. The highest BCUT2D eigenvalue weighted by atomic mass is 16.5. The Labute approximate surface area is 174 Å². The van der Waals surface area contributed by atoms with Gasteiger partial charge in [-0.05, 0) is 41.8 Å². The van der Waals surface area contributed by atoms with Crippen LogP contribution in [-0.2, 0) is 22.5 Å². The van der Waals surface area contributed by atoms with Crippen molar-refractivity contribution in [1.29, 1.82) is 0 Å². The number of hydrogen-bond acceptors (Lipinski definition) is 8. The Kier molecular flexibility index (Phi) is 5.76. The number of ether oxygens (including phenoxy) is 3.